The summed E-state index contributed by atoms with van der Waals surface area (Å²) in [6, 6.07) is 7.57. The Labute approximate surface area is 159 Å². The lowest BCUT2D eigenvalue weighted by Gasteiger charge is -2.23. The van der Waals surface area contributed by atoms with Gasteiger partial charge in [-0.25, -0.2) is 0 Å². The molecule has 2 heterocycles. The second-order valence-corrected chi connectivity index (χ2v) is 7.30. The maximum absolute atomic E-state index is 13.0. The number of likely N-dealkylation sites (tertiary alicyclic amines) is 1. The number of H-pyrrole nitrogens is 1. The number of carbonyl (C=O) groups is 1. The van der Waals surface area contributed by atoms with Crippen LogP contribution in [0.3, 0.4) is 0 Å². The molecule has 1 amide bonds. The van der Waals surface area contributed by atoms with Gasteiger partial charge < -0.3 is 29.4 Å². The number of ether oxygens (including phenoxy) is 2. The summed E-state index contributed by atoms with van der Waals surface area (Å²) in [5.41, 5.74) is 1.48. The van der Waals surface area contributed by atoms with Gasteiger partial charge in [0.1, 0.15) is 11.4 Å². The van der Waals surface area contributed by atoms with E-state index in [1.54, 1.807) is 14.2 Å². The van der Waals surface area contributed by atoms with Gasteiger partial charge in [0.2, 0.25) is 0 Å². The van der Waals surface area contributed by atoms with Crippen LogP contribution < -0.4 is 4.74 Å². The molecule has 0 spiro atoms. The van der Waals surface area contributed by atoms with E-state index in [4.69, 9.17) is 9.47 Å². The molecule has 2 N–H and O–H groups in total. The molecule has 0 unspecified atom stereocenters. The first kappa shape index (κ1) is 19.7. The van der Waals surface area contributed by atoms with Crippen LogP contribution in [0, 0.1) is 11.8 Å². The zero-order chi connectivity index (χ0) is 19.4. The zero-order valence-electron chi connectivity index (χ0n) is 16.3. The number of likely N-dealkylation sites (N-methyl/N-ethyl adjacent to an activating group) is 1. The van der Waals surface area contributed by atoms with E-state index in [-0.39, 0.29) is 24.3 Å². The van der Waals surface area contributed by atoms with E-state index in [1.165, 1.54) is 0 Å². The van der Waals surface area contributed by atoms with Gasteiger partial charge in [-0.15, -0.1) is 0 Å². The second-order valence-electron chi connectivity index (χ2n) is 7.30. The van der Waals surface area contributed by atoms with E-state index in [0.717, 1.165) is 29.7 Å². The number of rotatable bonds is 8. The molecule has 0 saturated carbocycles. The fraction of sp³-hybridized carbons (Fsp3) is 0.550. The third-order valence-corrected chi connectivity index (χ3v) is 5.38. The fourth-order valence-electron chi connectivity index (χ4n) is 3.78. The number of nitrogens with zero attached hydrogens (tertiary/aromatic N) is 2. The number of aromatic nitrogens is 1. The Morgan fingerprint density at radius 3 is 2.78 bits per heavy atom. The number of hydrogen-bond donors (Lipinski definition) is 2. The van der Waals surface area contributed by atoms with Gasteiger partial charge in [-0.1, -0.05) is 0 Å². The molecule has 1 aliphatic rings. The summed E-state index contributed by atoms with van der Waals surface area (Å²) in [4.78, 5) is 20.2. The molecule has 0 radical (unpaired) electrons. The third kappa shape index (κ3) is 4.43. The molecule has 2 atom stereocenters. The number of aromatic amines is 1. The highest BCUT2D eigenvalue weighted by molar-refractivity contribution is 5.98. The van der Waals surface area contributed by atoms with Crippen LogP contribution in [0.4, 0.5) is 0 Å². The molecule has 3 rings (SSSR count). The summed E-state index contributed by atoms with van der Waals surface area (Å²) in [7, 11) is 5.36. The van der Waals surface area contributed by atoms with Crippen LogP contribution in [0.2, 0.25) is 0 Å². The molecule has 1 saturated heterocycles. The molecule has 2 aromatic rings. The van der Waals surface area contributed by atoms with Gasteiger partial charge >= 0.3 is 0 Å². The average molecular weight is 375 g/mol. The van der Waals surface area contributed by atoms with Crippen molar-refractivity contribution in [3.05, 3.63) is 30.0 Å². The maximum Gasteiger partial charge on any atom is 0.270 e. The Kier molecular flexibility index (Phi) is 6.36. The number of amides is 1. The van der Waals surface area contributed by atoms with Gasteiger partial charge in [-0.05, 0) is 37.2 Å². The molecule has 148 valence electrons. The highest BCUT2D eigenvalue weighted by Gasteiger charge is 2.36. The van der Waals surface area contributed by atoms with E-state index in [2.05, 4.69) is 9.88 Å². The zero-order valence-corrected chi connectivity index (χ0v) is 16.3. The van der Waals surface area contributed by atoms with Crippen LogP contribution in [-0.4, -0.2) is 86.5 Å². The number of fused-ring (bicyclic) bond motifs is 1. The summed E-state index contributed by atoms with van der Waals surface area (Å²) in [5.74, 6) is 1.10. The minimum Gasteiger partial charge on any atom is -0.497 e. The van der Waals surface area contributed by atoms with Crippen molar-refractivity contribution in [2.75, 3.05) is 60.7 Å². The molecule has 1 aromatic heterocycles. The van der Waals surface area contributed by atoms with E-state index in [9.17, 15) is 9.90 Å². The first-order chi connectivity index (χ1) is 13.0. The monoisotopic (exact) mass is 375 g/mol. The molecular formula is C20H29N3O4. The highest BCUT2D eigenvalue weighted by Crippen LogP contribution is 2.27. The van der Waals surface area contributed by atoms with Crippen LogP contribution in [0.5, 0.6) is 5.75 Å². The van der Waals surface area contributed by atoms with Gasteiger partial charge in [-0.2, -0.15) is 0 Å². The topological polar surface area (TPSA) is 78.0 Å². The summed E-state index contributed by atoms with van der Waals surface area (Å²) in [6.45, 7) is 3.67. The first-order valence-electron chi connectivity index (χ1n) is 9.30. The smallest absolute Gasteiger partial charge is 0.270 e. The maximum atomic E-state index is 13.0. The van der Waals surface area contributed by atoms with Crippen molar-refractivity contribution in [2.45, 2.75) is 0 Å². The van der Waals surface area contributed by atoms with Crippen LogP contribution in [0.1, 0.15) is 10.5 Å². The molecule has 0 aliphatic carbocycles. The number of nitrogens with one attached hydrogen (secondary N) is 1. The van der Waals surface area contributed by atoms with Crippen molar-refractivity contribution in [1.82, 2.24) is 14.8 Å². The highest BCUT2D eigenvalue weighted by atomic mass is 16.5. The summed E-state index contributed by atoms with van der Waals surface area (Å²) in [6.07, 6.45) is 0. The predicted molar refractivity (Wildman–Crippen MR) is 104 cm³/mol. The summed E-state index contributed by atoms with van der Waals surface area (Å²) < 4.78 is 10.4. The van der Waals surface area contributed by atoms with Crippen molar-refractivity contribution in [3.63, 3.8) is 0 Å². The number of hydrogen-bond acceptors (Lipinski definition) is 5. The lowest BCUT2D eigenvalue weighted by Crippen LogP contribution is -2.33. The molecule has 27 heavy (non-hydrogen) atoms. The Morgan fingerprint density at radius 1 is 1.30 bits per heavy atom. The average Bonchev–Trinajstić information content (AvgIpc) is 3.28. The number of aliphatic hydroxyl groups excluding tert-OH is 1. The summed E-state index contributed by atoms with van der Waals surface area (Å²) >= 11 is 0. The van der Waals surface area contributed by atoms with Gasteiger partial charge in [0, 0.05) is 56.7 Å². The van der Waals surface area contributed by atoms with Crippen molar-refractivity contribution < 1.29 is 19.4 Å². The molecule has 1 aromatic carbocycles. The van der Waals surface area contributed by atoms with Crippen molar-refractivity contribution in [2.24, 2.45) is 11.8 Å². The van der Waals surface area contributed by atoms with Crippen LogP contribution in [0.15, 0.2) is 24.3 Å². The van der Waals surface area contributed by atoms with Gasteiger partial charge in [0.25, 0.3) is 5.91 Å². The molecule has 0 bridgehead atoms. The van der Waals surface area contributed by atoms with Gasteiger partial charge in [0.15, 0.2) is 0 Å². The van der Waals surface area contributed by atoms with Gasteiger partial charge in [-0.3, -0.25) is 4.79 Å². The third-order valence-electron chi connectivity index (χ3n) is 5.38. The molecule has 7 heteroatoms. The lowest BCUT2D eigenvalue weighted by molar-refractivity contribution is 0.0774. The van der Waals surface area contributed by atoms with Crippen molar-refractivity contribution >= 4 is 16.8 Å². The Bertz CT molecular complexity index is 776. The van der Waals surface area contributed by atoms with Crippen LogP contribution in [-0.2, 0) is 4.74 Å². The van der Waals surface area contributed by atoms with E-state index in [1.807, 2.05) is 36.2 Å². The van der Waals surface area contributed by atoms with E-state index in [0.29, 0.717) is 25.4 Å². The van der Waals surface area contributed by atoms with Crippen LogP contribution in [0.25, 0.3) is 10.9 Å². The predicted octanol–water partition coefficient (Wildman–Crippen LogP) is 1.44. The minimum atomic E-state index is -0.0225. The first-order valence-corrected chi connectivity index (χ1v) is 9.30. The van der Waals surface area contributed by atoms with Crippen LogP contribution >= 0.6 is 0 Å². The molecule has 7 nitrogen and oxygen atoms in total. The number of aliphatic hydroxyl groups is 1. The Balaban J connectivity index is 1.69. The largest absolute Gasteiger partial charge is 0.497 e. The van der Waals surface area contributed by atoms with Gasteiger partial charge in [0.05, 0.1) is 13.7 Å². The van der Waals surface area contributed by atoms with Crippen molar-refractivity contribution in [3.8, 4) is 5.75 Å². The quantitative estimate of drug-likeness (QED) is 0.730. The number of carbonyl (C=O) groups excluding carboxylic acids is 1. The second kappa shape index (κ2) is 8.73. The van der Waals surface area contributed by atoms with E-state index >= 15 is 0 Å². The van der Waals surface area contributed by atoms with E-state index < -0.39 is 0 Å². The standard InChI is InChI=1S/C20H29N3O4/c1-22(6-7-26-2)10-15-11-23(12-16(15)13-24)20(25)19-9-14-8-17(27-3)4-5-18(14)21-19/h4-5,8-9,15-16,21,24H,6-7,10-13H2,1-3H3/t15-,16-/m1/s1. The Hall–Kier alpha value is -2.09. The molecule has 1 fully saturated rings. The summed E-state index contributed by atoms with van der Waals surface area (Å²) in [5, 5.41) is 10.7. The van der Waals surface area contributed by atoms with Crippen molar-refractivity contribution in [1.29, 1.82) is 0 Å². The normalized spacial score (nSPS) is 20.0. The number of benzene rings is 1. The number of methoxy groups -OCH3 is 2. The minimum absolute atomic E-state index is 0.0225. The Morgan fingerprint density at radius 2 is 2.07 bits per heavy atom. The SMILES string of the molecule is COCCN(C)C[C@@H]1CN(C(=O)c2cc3cc(OC)ccc3[nH]2)C[C@@H]1CO. The molecule has 1 aliphatic heterocycles. The molecular weight excluding hydrogens is 346 g/mol. The lowest BCUT2D eigenvalue weighted by atomic mass is 9.96. The fourth-order valence-corrected chi connectivity index (χ4v) is 3.78.